The third-order valence-corrected chi connectivity index (χ3v) is 6.45. The zero-order chi connectivity index (χ0) is 20.8. The van der Waals surface area contributed by atoms with Gasteiger partial charge in [0.1, 0.15) is 0 Å². The normalized spacial score (nSPS) is 18.3. The number of piperazine rings is 1. The summed E-state index contributed by atoms with van der Waals surface area (Å²) < 4.78 is 1.80. The summed E-state index contributed by atoms with van der Waals surface area (Å²) in [5.74, 6) is 0.887. The van der Waals surface area contributed by atoms with Crippen molar-refractivity contribution in [2.75, 3.05) is 32.7 Å². The molecule has 0 unspecified atom stereocenters. The molecule has 2 aromatic rings. The summed E-state index contributed by atoms with van der Waals surface area (Å²) >= 11 is 0. The minimum absolute atomic E-state index is 0.0503. The molecule has 1 aliphatic carbocycles. The van der Waals surface area contributed by atoms with Gasteiger partial charge in [-0.2, -0.15) is 10.4 Å². The zero-order valence-electron chi connectivity index (χ0n) is 17.7. The molecule has 0 bridgehead atoms. The summed E-state index contributed by atoms with van der Waals surface area (Å²) in [6.45, 7) is 5.11. The van der Waals surface area contributed by atoms with Gasteiger partial charge in [0.2, 0.25) is 0 Å². The van der Waals surface area contributed by atoms with Gasteiger partial charge in [-0.15, -0.1) is 0 Å². The SMILES string of the molecule is N#CCCn1ncc(C(=O)N2CCN(CC3CCCCC3)CC2)c1-c1ccccc1. The number of hydrogen-bond donors (Lipinski definition) is 0. The van der Waals surface area contributed by atoms with Crippen molar-refractivity contribution in [2.24, 2.45) is 5.92 Å². The molecule has 1 aromatic carbocycles. The molecule has 2 heterocycles. The smallest absolute Gasteiger partial charge is 0.257 e. The van der Waals surface area contributed by atoms with Crippen molar-refractivity contribution in [1.82, 2.24) is 19.6 Å². The molecule has 6 nitrogen and oxygen atoms in total. The molecule has 4 rings (SSSR count). The topological polar surface area (TPSA) is 65.2 Å². The number of amides is 1. The van der Waals surface area contributed by atoms with Crippen molar-refractivity contribution < 1.29 is 4.79 Å². The van der Waals surface area contributed by atoms with Crippen LogP contribution in [0.3, 0.4) is 0 Å². The molecular formula is C24H31N5O. The Kier molecular flexibility index (Phi) is 6.81. The maximum atomic E-state index is 13.4. The molecule has 1 saturated carbocycles. The van der Waals surface area contributed by atoms with E-state index in [1.165, 1.54) is 38.6 Å². The van der Waals surface area contributed by atoms with Gasteiger partial charge in [-0.3, -0.25) is 14.4 Å². The van der Waals surface area contributed by atoms with E-state index in [1.54, 1.807) is 10.9 Å². The van der Waals surface area contributed by atoms with E-state index in [-0.39, 0.29) is 5.91 Å². The second-order valence-electron chi connectivity index (χ2n) is 8.50. The number of benzene rings is 1. The quantitative estimate of drug-likeness (QED) is 0.733. The van der Waals surface area contributed by atoms with Crippen molar-refractivity contribution in [2.45, 2.75) is 45.1 Å². The Morgan fingerprint density at radius 3 is 2.50 bits per heavy atom. The summed E-state index contributed by atoms with van der Waals surface area (Å²) in [7, 11) is 0. The largest absolute Gasteiger partial charge is 0.336 e. The molecule has 2 aliphatic rings. The van der Waals surface area contributed by atoms with Gasteiger partial charge in [0, 0.05) is 38.3 Å². The minimum Gasteiger partial charge on any atom is -0.336 e. The van der Waals surface area contributed by atoms with Crippen molar-refractivity contribution in [3.8, 4) is 17.3 Å². The molecule has 1 aliphatic heterocycles. The van der Waals surface area contributed by atoms with E-state index in [1.807, 2.05) is 35.2 Å². The first kappa shape index (κ1) is 20.6. The van der Waals surface area contributed by atoms with Crippen LogP contribution in [0, 0.1) is 17.2 Å². The average Bonchev–Trinajstić information content (AvgIpc) is 3.23. The van der Waals surface area contributed by atoms with Crippen LogP contribution < -0.4 is 0 Å². The van der Waals surface area contributed by atoms with Crippen LogP contribution in [0.2, 0.25) is 0 Å². The number of carbonyl (C=O) groups is 1. The summed E-state index contributed by atoms with van der Waals surface area (Å²) in [5, 5.41) is 13.4. The number of rotatable bonds is 6. The van der Waals surface area contributed by atoms with E-state index in [0.717, 1.165) is 43.4 Å². The number of carbonyl (C=O) groups excluding carboxylic acids is 1. The fourth-order valence-corrected chi connectivity index (χ4v) is 4.81. The van der Waals surface area contributed by atoms with Crippen LogP contribution in [-0.2, 0) is 6.54 Å². The first-order valence-electron chi connectivity index (χ1n) is 11.3. The molecule has 158 valence electrons. The fourth-order valence-electron chi connectivity index (χ4n) is 4.81. The van der Waals surface area contributed by atoms with Crippen molar-refractivity contribution in [1.29, 1.82) is 5.26 Å². The van der Waals surface area contributed by atoms with Gasteiger partial charge in [-0.1, -0.05) is 49.6 Å². The lowest BCUT2D eigenvalue weighted by molar-refractivity contribution is 0.0607. The van der Waals surface area contributed by atoms with E-state index in [0.29, 0.717) is 18.5 Å². The lowest BCUT2D eigenvalue weighted by Gasteiger charge is -2.37. The molecule has 0 atom stereocenters. The van der Waals surface area contributed by atoms with Gasteiger partial charge in [0.15, 0.2) is 0 Å². The number of aromatic nitrogens is 2. The molecule has 2 fully saturated rings. The second-order valence-corrected chi connectivity index (χ2v) is 8.50. The molecule has 1 aromatic heterocycles. The molecular weight excluding hydrogens is 374 g/mol. The van der Waals surface area contributed by atoms with Crippen molar-refractivity contribution >= 4 is 5.91 Å². The first-order chi connectivity index (χ1) is 14.8. The van der Waals surface area contributed by atoms with Crippen molar-refractivity contribution in [3.63, 3.8) is 0 Å². The van der Waals surface area contributed by atoms with Crippen LogP contribution in [-0.4, -0.2) is 58.2 Å². The standard InChI is InChI=1S/C24H31N5O/c25-12-7-13-29-23(21-10-5-2-6-11-21)22(18-26-29)24(30)28-16-14-27(15-17-28)19-20-8-3-1-4-9-20/h2,5-6,10-11,18,20H,1,3-4,7-9,13-17,19H2. The zero-order valence-corrected chi connectivity index (χ0v) is 17.7. The molecule has 1 saturated heterocycles. The summed E-state index contributed by atoms with van der Waals surface area (Å²) in [5.41, 5.74) is 2.42. The van der Waals surface area contributed by atoms with E-state index in [9.17, 15) is 4.79 Å². The van der Waals surface area contributed by atoms with Crippen LogP contribution in [0.1, 0.15) is 48.9 Å². The molecule has 1 amide bonds. The molecule has 0 spiro atoms. The highest BCUT2D eigenvalue weighted by atomic mass is 16.2. The van der Waals surface area contributed by atoms with E-state index in [2.05, 4.69) is 16.1 Å². The Hall–Kier alpha value is -2.65. The van der Waals surface area contributed by atoms with Gasteiger partial charge in [0.05, 0.1) is 36.5 Å². The van der Waals surface area contributed by atoms with E-state index >= 15 is 0 Å². The molecule has 0 N–H and O–H groups in total. The monoisotopic (exact) mass is 405 g/mol. The number of hydrogen-bond acceptors (Lipinski definition) is 4. The Balaban J connectivity index is 1.44. The van der Waals surface area contributed by atoms with Crippen LogP contribution in [0.5, 0.6) is 0 Å². The Morgan fingerprint density at radius 1 is 1.07 bits per heavy atom. The van der Waals surface area contributed by atoms with Crippen LogP contribution >= 0.6 is 0 Å². The number of aryl methyl sites for hydroxylation is 1. The van der Waals surface area contributed by atoms with E-state index < -0.39 is 0 Å². The lowest BCUT2D eigenvalue weighted by Crippen LogP contribution is -2.49. The van der Waals surface area contributed by atoms with Gasteiger partial charge in [-0.25, -0.2) is 0 Å². The fraction of sp³-hybridized carbons (Fsp3) is 0.542. The molecule has 6 heteroatoms. The van der Waals surface area contributed by atoms with Crippen LogP contribution in [0.4, 0.5) is 0 Å². The minimum atomic E-state index is 0.0503. The third-order valence-electron chi connectivity index (χ3n) is 6.45. The maximum Gasteiger partial charge on any atom is 0.257 e. The van der Waals surface area contributed by atoms with Crippen molar-refractivity contribution in [3.05, 3.63) is 42.1 Å². The molecule has 0 radical (unpaired) electrons. The van der Waals surface area contributed by atoms with Crippen LogP contribution in [0.25, 0.3) is 11.3 Å². The Bertz CT molecular complexity index is 871. The highest BCUT2D eigenvalue weighted by Crippen LogP contribution is 2.27. The summed E-state index contributed by atoms with van der Waals surface area (Å²) in [4.78, 5) is 17.9. The first-order valence-corrected chi connectivity index (χ1v) is 11.3. The Labute approximate surface area is 179 Å². The average molecular weight is 406 g/mol. The van der Waals surface area contributed by atoms with Gasteiger partial charge >= 0.3 is 0 Å². The number of nitriles is 1. The van der Waals surface area contributed by atoms with Crippen LogP contribution in [0.15, 0.2) is 36.5 Å². The van der Waals surface area contributed by atoms with Gasteiger partial charge < -0.3 is 4.90 Å². The highest BCUT2D eigenvalue weighted by molar-refractivity contribution is 6.00. The summed E-state index contributed by atoms with van der Waals surface area (Å²) in [6.07, 6.45) is 8.92. The predicted octanol–water partition coefficient (Wildman–Crippen LogP) is 3.80. The lowest BCUT2D eigenvalue weighted by atomic mass is 9.89. The molecule has 30 heavy (non-hydrogen) atoms. The van der Waals surface area contributed by atoms with Gasteiger partial charge in [0.25, 0.3) is 5.91 Å². The third kappa shape index (κ3) is 4.73. The van der Waals surface area contributed by atoms with E-state index in [4.69, 9.17) is 5.26 Å². The Morgan fingerprint density at radius 2 is 1.80 bits per heavy atom. The van der Waals surface area contributed by atoms with Gasteiger partial charge in [-0.05, 0) is 18.8 Å². The predicted molar refractivity (Wildman–Crippen MR) is 117 cm³/mol. The number of nitrogens with zero attached hydrogens (tertiary/aromatic N) is 5. The summed E-state index contributed by atoms with van der Waals surface area (Å²) in [6, 6.07) is 12.1. The second kappa shape index (κ2) is 9.90. The highest BCUT2D eigenvalue weighted by Gasteiger charge is 2.27. The maximum absolute atomic E-state index is 13.4.